The summed E-state index contributed by atoms with van der Waals surface area (Å²) in [6.07, 6.45) is 0. The van der Waals surface area contributed by atoms with Gasteiger partial charge in [-0.3, -0.25) is 0 Å². The van der Waals surface area contributed by atoms with Gasteiger partial charge in [0.05, 0.1) is 11.3 Å². The van der Waals surface area contributed by atoms with Crippen molar-refractivity contribution in [2.75, 3.05) is 19.3 Å². The van der Waals surface area contributed by atoms with Crippen LogP contribution >= 0.6 is 11.8 Å². The maximum Gasteiger partial charge on any atom is 0.243 e. The minimum absolute atomic E-state index is 1.09. The van der Waals surface area contributed by atoms with Crippen LogP contribution in [0.2, 0.25) is 0 Å². The highest BCUT2D eigenvalue weighted by Crippen LogP contribution is 2.40. The highest BCUT2D eigenvalue weighted by atomic mass is 35.7. The Morgan fingerprint density at radius 3 is 1.40 bits per heavy atom. The zero-order valence-corrected chi connectivity index (χ0v) is 20.7. The molecule has 1 aliphatic rings. The lowest BCUT2D eigenvalue weighted by Crippen LogP contribution is -2.68. The molecule has 4 aromatic rings. The van der Waals surface area contributed by atoms with Crippen LogP contribution in [0.1, 0.15) is 5.56 Å². The van der Waals surface area contributed by atoms with Gasteiger partial charge in [0.15, 0.2) is 6.54 Å². The summed E-state index contributed by atoms with van der Waals surface area (Å²) < 4.78 is 36.4. The van der Waals surface area contributed by atoms with Crippen molar-refractivity contribution in [2.45, 2.75) is 0 Å². The molecular formula is C28H24ClNO4S. The van der Waals surface area contributed by atoms with Gasteiger partial charge in [-0.15, -0.1) is 10.2 Å². The van der Waals surface area contributed by atoms with Gasteiger partial charge < -0.3 is 0 Å². The van der Waals surface area contributed by atoms with Crippen molar-refractivity contribution in [3.05, 3.63) is 109 Å². The number of rotatable bonds is 4. The highest BCUT2D eigenvalue weighted by molar-refractivity contribution is 8.14. The average Bonchev–Trinajstić information content (AvgIpc) is 3.29. The van der Waals surface area contributed by atoms with Gasteiger partial charge in [0.25, 0.3) is 0 Å². The number of hydrogen-bond acceptors (Lipinski definition) is 5. The van der Waals surface area contributed by atoms with E-state index in [-0.39, 0.29) is 0 Å². The van der Waals surface area contributed by atoms with E-state index < -0.39 is 10.2 Å². The monoisotopic (exact) mass is 505 g/mol. The van der Waals surface area contributed by atoms with Crippen molar-refractivity contribution in [3.63, 3.8) is 0 Å². The molecule has 0 unspecified atom stereocenters. The Bertz CT molecular complexity index is 1240. The molecule has 0 saturated heterocycles. The van der Waals surface area contributed by atoms with Crippen molar-refractivity contribution in [3.8, 4) is 33.4 Å². The second-order valence-corrected chi connectivity index (χ2v) is 9.84. The molecule has 178 valence electrons. The second-order valence-electron chi connectivity index (χ2n) is 8.00. The quantitative estimate of drug-likeness (QED) is 0.396. The summed E-state index contributed by atoms with van der Waals surface area (Å²) >= 11 is 1.97. The number of nitrogens with zero attached hydrogens (tertiary/aromatic N) is 1. The second kappa shape index (κ2) is 11.2. The molecule has 1 heterocycles. The van der Waals surface area contributed by atoms with Crippen molar-refractivity contribution >= 4 is 16.8 Å². The molecule has 1 aliphatic heterocycles. The minimum atomic E-state index is -4.94. The average molecular weight is 506 g/mol. The van der Waals surface area contributed by atoms with E-state index in [1.54, 1.807) is 0 Å². The fraction of sp³-hybridized carbons (Fsp3) is 0.107. The van der Waals surface area contributed by atoms with Crippen molar-refractivity contribution in [2.24, 2.45) is 0 Å². The molecule has 0 spiro atoms. The first kappa shape index (κ1) is 25.1. The fourth-order valence-corrected chi connectivity index (χ4v) is 5.35. The first-order chi connectivity index (χ1) is 16.8. The first-order valence-electron chi connectivity index (χ1n) is 11.0. The van der Waals surface area contributed by atoms with E-state index in [1.165, 1.54) is 44.0 Å². The summed E-state index contributed by atoms with van der Waals surface area (Å²) in [5, 5.41) is 1.37. The Morgan fingerprint density at radius 1 is 0.629 bits per heavy atom. The van der Waals surface area contributed by atoms with Crippen molar-refractivity contribution in [1.82, 2.24) is 0 Å². The third-order valence-electron chi connectivity index (χ3n) is 5.64. The summed E-state index contributed by atoms with van der Waals surface area (Å²) in [6, 6.07) is 37.0. The zero-order valence-electron chi connectivity index (χ0n) is 19.1. The van der Waals surface area contributed by atoms with Crippen LogP contribution in [0.4, 0.5) is 0 Å². The molecule has 4 aromatic carbocycles. The normalized spacial score (nSPS) is 13.4. The lowest BCUT2D eigenvalue weighted by molar-refractivity contribution is -2.00. The summed E-state index contributed by atoms with van der Waals surface area (Å²) in [7, 11) is -2.73. The number of halogens is 1. The van der Waals surface area contributed by atoms with Crippen LogP contribution in [0, 0.1) is 10.2 Å². The van der Waals surface area contributed by atoms with Gasteiger partial charge in [0, 0.05) is 0 Å². The van der Waals surface area contributed by atoms with Crippen LogP contribution in [0.25, 0.3) is 33.4 Å². The van der Waals surface area contributed by atoms with Crippen LogP contribution in [0.5, 0.6) is 0 Å². The maximum atomic E-state index is 8.49. The molecule has 7 heteroatoms. The largest absolute Gasteiger partial charge is 0.243 e. The van der Waals surface area contributed by atoms with Crippen LogP contribution in [-0.2, 0) is 0 Å². The predicted molar refractivity (Wildman–Crippen MR) is 130 cm³/mol. The number of thioether (sulfide) groups is 1. The molecule has 0 saturated carbocycles. The third-order valence-corrected chi connectivity index (χ3v) is 6.82. The lowest BCUT2D eigenvalue weighted by Gasteiger charge is -2.17. The van der Waals surface area contributed by atoms with Crippen LogP contribution in [0.15, 0.2) is 103 Å². The first-order valence-corrected chi connectivity index (χ1v) is 13.2. The summed E-state index contributed by atoms with van der Waals surface area (Å²) in [4.78, 5) is 0. The molecule has 0 amide bonds. The van der Waals surface area contributed by atoms with Gasteiger partial charge in [-0.1, -0.05) is 103 Å². The third kappa shape index (κ3) is 6.58. The maximum absolute atomic E-state index is 8.49. The van der Waals surface area contributed by atoms with Gasteiger partial charge in [-0.2, -0.15) is 0 Å². The Labute approximate surface area is 211 Å². The molecule has 0 aromatic heterocycles. The minimum Gasteiger partial charge on any atom is -0.226 e. The van der Waals surface area contributed by atoms with E-state index in [2.05, 4.69) is 115 Å². The predicted octanol–water partition coefficient (Wildman–Crippen LogP) is 2.07. The molecule has 5 nitrogen and oxygen atoms in total. The molecule has 0 atom stereocenters. The Balaban J connectivity index is 0.000000527. The van der Waals surface area contributed by atoms with Gasteiger partial charge in [-0.25, -0.2) is 23.2 Å². The van der Waals surface area contributed by atoms with E-state index >= 15 is 0 Å². The van der Waals surface area contributed by atoms with Crippen molar-refractivity contribution in [1.29, 1.82) is 0 Å². The lowest BCUT2D eigenvalue weighted by atomic mass is 9.88. The molecule has 0 aliphatic carbocycles. The SMILES string of the molecule is C[N+]1=C(c2c(-c3ccccc3)cc(-c3ccccc3)cc2-c2ccccc2)SCC1.[O-][Cl+3]([O-])([O-])[O-]. The van der Waals surface area contributed by atoms with Gasteiger partial charge in [0.2, 0.25) is 5.04 Å². The number of hydrogen-bond donors (Lipinski definition) is 0. The molecule has 5 rings (SSSR count). The molecular weight excluding hydrogens is 482 g/mol. The highest BCUT2D eigenvalue weighted by Gasteiger charge is 2.28. The summed E-state index contributed by atoms with van der Waals surface area (Å²) in [5.41, 5.74) is 8.96. The Morgan fingerprint density at radius 2 is 1.03 bits per heavy atom. The van der Waals surface area contributed by atoms with Gasteiger partial charge in [-0.05, 0) is 45.5 Å². The molecule has 0 N–H and O–H groups in total. The topological polar surface area (TPSA) is 95.2 Å². The van der Waals surface area contributed by atoms with E-state index in [9.17, 15) is 0 Å². The standard InChI is InChI=1S/C28H24NS.ClHO4/c1-29-17-18-30-28(29)27-25(22-13-7-3-8-14-22)19-24(21-11-5-2-6-12-21)20-26(27)23-15-9-4-10-16-23;2-1(3,4)5/h2-16,19-20H,17-18H2,1H3;(H,2,3,4,5)/q+1;/p-1. The molecule has 0 radical (unpaired) electrons. The number of benzene rings is 4. The fourth-order valence-electron chi connectivity index (χ4n) is 4.11. The smallest absolute Gasteiger partial charge is 0.226 e. The zero-order chi connectivity index (χ0) is 24.8. The summed E-state index contributed by atoms with van der Waals surface area (Å²) in [6.45, 7) is 1.09. The summed E-state index contributed by atoms with van der Waals surface area (Å²) in [5.74, 6) is 1.13. The van der Waals surface area contributed by atoms with Crippen LogP contribution in [0.3, 0.4) is 0 Å². The van der Waals surface area contributed by atoms with E-state index in [0.29, 0.717) is 0 Å². The van der Waals surface area contributed by atoms with Gasteiger partial charge in [0.1, 0.15) is 7.05 Å². The van der Waals surface area contributed by atoms with Crippen LogP contribution < -0.4 is 18.6 Å². The van der Waals surface area contributed by atoms with E-state index in [1.807, 2.05) is 11.8 Å². The van der Waals surface area contributed by atoms with E-state index in [0.717, 1.165) is 12.3 Å². The van der Waals surface area contributed by atoms with E-state index in [4.69, 9.17) is 18.6 Å². The van der Waals surface area contributed by atoms with Gasteiger partial charge >= 0.3 is 0 Å². The molecule has 0 bridgehead atoms. The van der Waals surface area contributed by atoms with Crippen LogP contribution in [-0.4, -0.2) is 29.0 Å². The van der Waals surface area contributed by atoms with Crippen molar-refractivity contribution < 1.29 is 33.5 Å². The Kier molecular flexibility index (Phi) is 8.03. The molecule has 0 fully saturated rings. The molecule has 35 heavy (non-hydrogen) atoms. The Hall–Kier alpha value is -2.97.